The van der Waals surface area contributed by atoms with Crippen molar-refractivity contribution in [3.05, 3.63) is 46.7 Å². The van der Waals surface area contributed by atoms with Crippen LogP contribution in [-0.2, 0) is 18.1 Å². The average molecular weight is 713 g/mol. The van der Waals surface area contributed by atoms with E-state index < -0.39 is 49.7 Å². The summed E-state index contributed by atoms with van der Waals surface area (Å²) >= 11 is 7.65. The number of phosphoric ester groups is 1. The molecule has 16 heteroatoms. The van der Waals surface area contributed by atoms with Crippen LogP contribution < -0.4 is 14.8 Å². The Morgan fingerprint density at radius 1 is 1.06 bits per heavy atom. The number of benzene rings is 2. The maximum absolute atomic E-state index is 15.3. The standard InChI is InChI=1S/C31H39ClFN4O8PS/c1-17(2)42-25-11-10-19(12-20(25)15-34)27-36-37-28(47-27)21-13-23(33)26(14-22(21)32)41-16-24(35-29(38)39)18(3)43-46(40,44-30(4,5)6)45-31(7,8)9/h10-14,17-18,24,35H,16H2,1-9H3,(H,38,39)/t18-,24+/m1/s1. The van der Waals surface area contributed by atoms with E-state index in [1.54, 1.807) is 59.7 Å². The van der Waals surface area contributed by atoms with Crippen LogP contribution in [0.25, 0.3) is 21.1 Å². The van der Waals surface area contributed by atoms with Crippen molar-refractivity contribution < 1.29 is 41.9 Å². The fraction of sp³-hybridized carbons (Fsp3) is 0.484. The zero-order valence-corrected chi connectivity index (χ0v) is 30.1. The quantitative estimate of drug-likeness (QED) is 0.163. The SMILES string of the molecule is CC(C)Oc1ccc(-c2nnc(-c3cc(F)c(OC[C@H](NC(=O)O)[C@@H](C)OP(=O)(OC(C)(C)C)OC(C)(C)C)cc3Cl)s2)cc1C#N. The second-order valence-corrected chi connectivity index (χ2v) is 15.6. The van der Waals surface area contributed by atoms with Crippen LogP contribution in [-0.4, -0.2) is 57.5 Å². The van der Waals surface area contributed by atoms with E-state index in [4.69, 9.17) is 34.6 Å². The number of phosphoric acid groups is 1. The van der Waals surface area contributed by atoms with Gasteiger partial charge in [-0.1, -0.05) is 22.9 Å². The number of hydrogen-bond acceptors (Lipinski definition) is 11. The first kappa shape index (κ1) is 38.1. The van der Waals surface area contributed by atoms with E-state index >= 15 is 4.39 Å². The van der Waals surface area contributed by atoms with E-state index in [1.165, 1.54) is 13.0 Å². The normalized spacial score (nSPS) is 13.6. The largest absolute Gasteiger partial charge is 0.490 e. The van der Waals surface area contributed by atoms with Crippen LogP contribution in [0.5, 0.6) is 11.5 Å². The number of nitriles is 1. The van der Waals surface area contributed by atoms with Crippen LogP contribution in [0.15, 0.2) is 30.3 Å². The first-order chi connectivity index (χ1) is 21.7. The summed E-state index contributed by atoms with van der Waals surface area (Å²) in [6.07, 6.45) is -2.63. The minimum atomic E-state index is -4.22. The minimum Gasteiger partial charge on any atom is -0.490 e. The summed E-state index contributed by atoms with van der Waals surface area (Å²) in [5, 5.41) is 30.5. The third kappa shape index (κ3) is 11.4. The molecule has 1 amide bonds. The molecule has 0 unspecified atom stereocenters. The van der Waals surface area contributed by atoms with Crippen LogP contribution in [0.1, 0.15) is 67.9 Å². The molecule has 2 aromatic carbocycles. The maximum atomic E-state index is 15.3. The van der Waals surface area contributed by atoms with Crippen molar-refractivity contribution in [3.8, 4) is 38.7 Å². The smallest absolute Gasteiger partial charge is 0.476 e. The summed E-state index contributed by atoms with van der Waals surface area (Å²) in [6, 6.07) is 8.41. The van der Waals surface area contributed by atoms with Crippen LogP contribution in [0.3, 0.4) is 0 Å². The van der Waals surface area contributed by atoms with E-state index in [1.807, 2.05) is 13.8 Å². The Balaban J connectivity index is 1.81. The van der Waals surface area contributed by atoms with E-state index in [0.29, 0.717) is 26.9 Å². The third-order valence-corrected chi connectivity index (χ3v) is 9.20. The molecule has 0 saturated heterocycles. The van der Waals surface area contributed by atoms with Crippen LogP contribution in [0.4, 0.5) is 9.18 Å². The Morgan fingerprint density at radius 3 is 2.23 bits per heavy atom. The number of ether oxygens (including phenoxy) is 2. The van der Waals surface area contributed by atoms with E-state index in [-0.39, 0.29) is 22.4 Å². The van der Waals surface area contributed by atoms with Crippen molar-refractivity contribution in [1.29, 1.82) is 5.26 Å². The molecule has 3 rings (SSSR count). The van der Waals surface area contributed by atoms with Gasteiger partial charge >= 0.3 is 13.9 Å². The topological polar surface area (TPSA) is 162 Å². The molecule has 2 atom stereocenters. The zero-order chi connectivity index (χ0) is 35.3. The summed E-state index contributed by atoms with van der Waals surface area (Å²) in [7, 11) is -4.22. The van der Waals surface area contributed by atoms with Crippen LogP contribution in [0.2, 0.25) is 5.02 Å². The number of rotatable bonds is 13. The van der Waals surface area contributed by atoms with Crippen molar-refractivity contribution in [1.82, 2.24) is 15.5 Å². The number of carboxylic acid groups (broad SMARTS) is 1. The van der Waals surface area contributed by atoms with Gasteiger partial charge in [0.2, 0.25) is 0 Å². The molecular formula is C31H39ClFN4O8PS. The van der Waals surface area contributed by atoms with Crippen LogP contribution >= 0.6 is 30.8 Å². The Morgan fingerprint density at radius 2 is 1.68 bits per heavy atom. The molecule has 3 aromatic rings. The molecule has 2 N–H and O–H groups in total. The highest BCUT2D eigenvalue weighted by Crippen LogP contribution is 2.56. The molecule has 0 radical (unpaired) electrons. The van der Waals surface area contributed by atoms with Gasteiger partial charge < -0.3 is 19.9 Å². The number of nitrogens with zero attached hydrogens (tertiary/aromatic N) is 3. The van der Waals surface area contributed by atoms with E-state index in [0.717, 1.165) is 17.4 Å². The molecule has 0 aliphatic rings. The predicted molar refractivity (Wildman–Crippen MR) is 177 cm³/mol. The summed E-state index contributed by atoms with van der Waals surface area (Å²) in [6.45, 7) is 14.7. The van der Waals surface area contributed by atoms with Gasteiger partial charge in [-0.05, 0) is 86.6 Å². The highest BCUT2D eigenvalue weighted by Gasteiger charge is 2.40. The molecule has 47 heavy (non-hydrogen) atoms. The lowest BCUT2D eigenvalue weighted by molar-refractivity contribution is -0.0162. The summed E-state index contributed by atoms with van der Waals surface area (Å²) in [4.78, 5) is 11.6. The van der Waals surface area contributed by atoms with Gasteiger partial charge in [-0.15, -0.1) is 10.2 Å². The molecule has 0 aliphatic carbocycles. The number of aromatic nitrogens is 2. The summed E-state index contributed by atoms with van der Waals surface area (Å²) < 4.78 is 57.2. The van der Waals surface area contributed by atoms with Crippen molar-refractivity contribution in [2.45, 2.75) is 91.8 Å². The lowest BCUT2D eigenvalue weighted by atomic mass is 10.1. The van der Waals surface area contributed by atoms with E-state index in [9.17, 15) is 19.7 Å². The van der Waals surface area contributed by atoms with Gasteiger partial charge in [-0.25, -0.2) is 13.8 Å². The zero-order valence-electron chi connectivity index (χ0n) is 27.6. The fourth-order valence-electron chi connectivity index (χ4n) is 4.00. The van der Waals surface area contributed by atoms with Gasteiger partial charge in [0, 0.05) is 17.2 Å². The predicted octanol–water partition coefficient (Wildman–Crippen LogP) is 8.48. The second-order valence-electron chi connectivity index (χ2n) is 12.7. The molecule has 256 valence electrons. The Bertz CT molecular complexity index is 1650. The highest BCUT2D eigenvalue weighted by molar-refractivity contribution is 7.48. The first-order valence-electron chi connectivity index (χ1n) is 14.5. The van der Waals surface area contributed by atoms with Crippen LogP contribution in [0, 0.1) is 17.1 Å². The Hall–Kier alpha value is -3.31. The van der Waals surface area contributed by atoms with Crippen molar-refractivity contribution in [2.24, 2.45) is 0 Å². The van der Waals surface area contributed by atoms with Gasteiger partial charge in [0.25, 0.3) is 0 Å². The molecular weight excluding hydrogens is 674 g/mol. The van der Waals surface area contributed by atoms with Gasteiger partial charge in [-0.2, -0.15) is 5.26 Å². The van der Waals surface area contributed by atoms with Gasteiger partial charge in [0.1, 0.15) is 28.4 Å². The second kappa shape index (κ2) is 15.3. The molecule has 0 fully saturated rings. The molecule has 0 saturated carbocycles. The van der Waals surface area contributed by atoms with Crippen molar-refractivity contribution in [2.75, 3.05) is 6.61 Å². The summed E-state index contributed by atoms with van der Waals surface area (Å²) in [5.74, 6) is -0.625. The highest BCUT2D eigenvalue weighted by atomic mass is 35.5. The molecule has 1 aromatic heterocycles. The molecule has 1 heterocycles. The summed E-state index contributed by atoms with van der Waals surface area (Å²) in [5.41, 5.74) is -0.641. The van der Waals surface area contributed by atoms with Gasteiger partial charge in [0.05, 0.1) is 40.0 Å². The number of hydrogen-bond donors (Lipinski definition) is 2. The average Bonchev–Trinajstić information content (AvgIpc) is 3.39. The maximum Gasteiger partial charge on any atom is 0.476 e. The lowest BCUT2D eigenvalue weighted by Gasteiger charge is -2.34. The molecule has 0 spiro atoms. The van der Waals surface area contributed by atoms with Crippen molar-refractivity contribution >= 4 is 36.9 Å². The Kier molecular flexibility index (Phi) is 12.4. The monoisotopic (exact) mass is 712 g/mol. The number of halogens is 2. The third-order valence-electron chi connectivity index (χ3n) is 5.75. The fourth-order valence-corrected chi connectivity index (χ4v) is 7.19. The lowest BCUT2D eigenvalue weighted by Crippen LogP contribution is -2.46. The molecule has 0 aliphatic heterocycles. The van der Waals surface area contributed by atoms with Crippen molar-refractivity contribution in [3.63, 3.8) is 0 Å². The number of nitrogens with one attached hydrogen (secondary N) is 1. The molecule has 12 nitrogen and oxygen atoms in total. The van der Waals surface area contributed by atoms with Gasteiger partial charge in [0.15, 0.2) is 11.6 Å². The molecule has 0 bridgehead atoms. The van der Waals surface area contributed by atoms with E-state index in [2.05, 4.69) is 21.6 Å². The minimum absolute atomic E-state index is 0.0937. The Labute approximate surface area is 282 Å². The first-order valence-corrected chi connectivity index (χ1v) is 17.2. The number of carbonyl (C=O) groups is 1. The van der Waals surface area contributed by atoms with Gasteiger partial charge in [-0.3, -0.25) is 13.6 Å². The number of amides is 1.